The number of aliphatic hydroxyl groups is 2. The van der Waals surface area contributed by atoms with Gasteiger partial charge in [0.25, 0.3) is 16.9 Å². The Labute approximate surface area is 309 Å². The van der Waals surface area contributed by atoms with Crippen molar-refractivity contribution in [2.45, 2.75) is 12.2 Å². The van der Waals surface area contributed by atoms with Gasteiger partial charge in [-0.2, -0.15) is 10.2 Å². The highest BCUT2D eigenvalue weighted by atomic mass is 16.6. The Morgan fingerprint density at radius 3 is 1.76 bits per heavy atom. The number of benzene rings is 5. The van der Waals surface area contributed by atoms with E-state index >= 15 is 0 Å². The minimum Gasteiger partial charge on any atom is -0.382 e. The predicted octanol–water partition coefficient (Wildman–Crippen LogP) is 5.78. The van der Waals surface area contributed by atoms with Crippen LogP contribution in [0.1, 0.15) is 34.7 Å². The Morgan fingerprint density at radius 2 is 1.18 bits per heavy atom. The summed E-state index contributed by atoms with van der Waals surface area (Å²) in [6.07, 6.45) is -1.54. The number of hydrazone groups is 2. The Balaban J connectivity index is 1.23. The van der Waals surface area contributed by atoms with Crippen LogP contribution in [-0.4, -0.2) is 51.4 Å². The fourth-order valence-corrected chi connectivity index (χ4v) is 5.55. The molecule has 0 aliphatic rings. The van der Waals surface area contributed by atoms with Crippen molar-refractivity contribution in [1.82, 2.24) is 19.9 Å². The summed E-state index contributed by atoms with van der Waals surface area (Å²) in [6.45, 7) is 0. The third-order valence-corrected chi connectivity index (χ3v) is 8.37. The summed E-state index contributed by atoms with van der Waals surface area (Å²) < 4.78 is 0. The highest BCUT2D eigenvalue weighted by molar-refractivity contribution is 6.05. The van der Waals surface area contributed by atoms with Gasteiger partial charge in [0.05, 0.1) is 49.5 Å². The average Bonchev–Trinajstić information content (AvgIpc) is 3.21. The van der Waals surface area contributed by atoms with Crippen LogP contribution >= 0.6 is 0 Å². The SMILES string of the molecule is O=c1[nH]c2cc([N+](=O)[O-])ccc2nc1/C(=N\Nc1ccccc1)C(O)c1ccc(C(O)/C(=N\Nc2ccccc2)c2cnc3cc([N+](=O)[O-])ccc3n2)cc1. The summed E-state index contributed by atoms with van der Waals surface area (Å²) in [4.78, 5) is 50.7. The third-order valence-electron chi connectivity index (χ3n) is 8.37. The van der Waals surface area contributed by atoms with E-state index in [2.05, 4.69) is 41.0 Å². The summed E-state index contributed by atoms with van der Waals surface area (Å²) >= 11 is 0. The number of non-ortho nitro benzene ring substituents is 2. The molecule has 0 bridgehead atoms. The molecule has 55 heavy (non-hydrogen) atoms. The molecule has 0 amide bonds. The lowest BCUT2D eigenvalue weighted by Crippen LogP contribution is -2.26. The summed E-state index contributed by atoms with van der Waals surface area (Å²) in [5.74, 6) is 0. The zero-order valence-corrected chi connectivity index (χ0v) is 28.3. The lowest BCUT2D eigenvalue weighted by atomic mass is 9.97. The number of aromatic nitrogens is 4. The third kappa shape index (κ3) is 7.87. The molecule has 2 heterocycles. The fraction of sp³-hybridized carbons (Fsp3) is 0.0526. The molecule has 17 heteroatoms. The van der Waals surface area contributed by atoms with E-state index in [-0.39, 0.29) is 56.3 Å². The standard InChI is InChI=1S/C38H28N10O7/c49-36(33(45-43-24-7-3-1-4-8-24)32-21-39-30-19-26(47(52)53)15-17-28(30)40-32)22-11-13-23(14-12-22)37(50)34(46-44-25-9-5-2-6-10-25)35-38(51)42-31-20-27(48(54)55)16-18-29(31)41-35/h1-21,36-37,43-44,49-50H,(H,42,51)/b45-33-,46-34+. The minimum absolute atomic E-state index is 0.0753. The highest BCUT2D eigenvalue weighted by Crippen LogP contribution is 2.26. The summed E-state index contributed by atoms with van der Waals surface area (Å²) in [6, 6.07) is 31.9. The van der Waals surface area contributed by atoms with Crippen LogP contribution in [0.25, 0.3) is 22.1 Å². The average molecular weight is 737 g/mol. The van der Waals surface area contributed by atoms with E-state index in [1.54, 1.807) is 60.7 Å². The van der Waals surface area contributed by atoms with E-state index in [0.717, 1.165) is 0 Å². The van der Waals surface area contributed by atoms with Gasteiger partial charge in [-0.25, -0.2) is 9.97 Å². The fourth-order valence-electron chi connectivity index (χ4n) is 5.55. The van der Waals surface area contributed by atoms with Crippen LogP contribution in [0.3, 0.4) is 0 Å². The van der Waals surface area contributed by atoms with Crippen molar-refractivity contribution in [2.24, 2.45) is 10.2 Å². The number of nitrogens with zero attached hydrogens (tertiary/aromatic N) is 7. The zero-order valence-electron chi connectivity index (χ0n) is 28.3. The molecule has 0 fully saturated rings. The number of aromatic amines is 1. The van der Waals surface area contributed by atoms with Crippen molar-refractivity contribution in [3.63, 3.8) is 0 Å². The Bertz CT molecular complexity index is 2670. The maximum atomic E-state index is 13.3. The van der Waals surface area contributed by atoms with Gasteiger partial charge in [-0.3, -0.25) is 40.9 Å². The van der Waals surface area contributed by atoms with Crippen LogP contribution in [0.4, 0.5) is 22.7 Å². The Kier molecular flexibility index (Phi) is 10.0. The molecular weight excluding hydrogens is 708 g/mol. The number of nitro groups is 2. The lowest BCUT2D eigenvalue weighted by molar-refractivity contribution is -0.384. The molecule has 2 aromatic heterocycles. The first-order valence-electron chi connectivity index (χ1n) is 16.5. The van der Waals surface area contributed by atoms with Gasteiger partial charge in [0.2, 0.25) is 0 Å². The number of H-pyrrole nitrogens is 1. The molecular formula is C38H28N10O7. The summed E-state index contributed by atoms with van der Waals surface area (Å²) in [5, 5.41) is 54.8. The molecule has 17 nitrogen and oxygen atoms in total. The second-order valence-corrected chi connectivity index (χ2v) is 12.0. The van der Waals surface area contributed by atoms with Gasteiger partial charge in [-0.1, -0.05) is 60.7 Å². The molecule has 0 saturated heterocycles. The van der Waals surface area contributed by atoms with Crippen molar-refractivity contribution in [2.75, 3.05) is 10.9 Å². The van der Waals surface area contributed by atoms with E-state index < -0.39 is 27.6 Å². The Hall–Kier alpha value is -7.76. The molecule has 2 unspecified atom stereocenters. The first kappa shape index (κ1) is 35.6. The summed E-state index contributed by atoms with van der Waals surface area (Å²) in [7, 11) is 0. The second-order valence-electron chi connectivity index (χ2n) is 12.0. The zero-order chi connectivity index (χ0) is 38.5. The Morgan fingerprint density at radius 1 is 0.655 bits per heavy atom. The van der Waals surface area contributed by atoms with Gasteiger partial charge in [0.1, 0.15) is 29.3 Å². The first-order valence-corrected chi connectivity index (χ1v) is 16.5. The number of hydrogen-bond acceptors (Lipinski definition) is 14. The number of aliphatic hydroxyl groups excluding tert-OH is 2. The van der Waals surface area contributed by atoms with Crippen LogP contribution in [0.2, 0.25) is 0 Å². The molecule has 0 aliphatic heterocycles. The van der Waals surface area contributed by atoms with Gasteiger partial charge in [-0.15, -0.1) is 0 Å². The van der Waals surface area contributed by atoms with E-state index in [9.17, 15) is 35.2 Å². The van der Waals surface area contributed by atoms with Crippen LogP contribution < -0.4 is 16.4 Å². The number of nitrogens with one attached hydrogen (secondary N) is 3. The van der Waals surface area contributed by atoms with Crippen molar-refractivity contribution in [3.05, 3.63) is 181 Å². The van der Waals surface area contributed by atoms with Gasteiger partial charge >= 0.3 is 0 Å². The van der Waals surface area contributed by atoms with E-state index in [1.807, 2.05) is 12.1 Å². The number of anilines is 2. The van der Waals surface area contributed by atoms with Gasteiger partial charge in [0.15, 0.2) is 5.69 Å². The van der Waals surface area contributed by atoms with Crippen molar-refractivity contribution < 1.29 is 20.1 Å². The minimum atomic E-state index is -1.52. The molecule has 7 rings (SSSR count). The smallest absolute Gasteiger partial charge is 0.276 e. The van der Waals surface area contributed by atoms with Crippen LogP contribution in [0.15, 0.2) is 143 Å². The van der Waals surface area contributed by atoms with Crippen LogP contribution in [-0.2, 0) is 0 Å². The predicted molar refractivity (Wildman–Crippen MR) is 205 cm³/mol. The molecule has 0 aliphatic carbocycles. The van der Waals surface area contributed by atoms with E-state index in [0.29, 0.717) is 22.5 Å². The highest BCUT2D eigenvalue weighted by Gasteiger charge is 2.25. The number of hydrogen-bond donors (Lipinski definition) is 5. The lowest BCUT2D eigenvalue weighted by Gasteiger charge is -2.17. The largest absolute Gasteiger partial charge is 0.382 e. The monoisotopic (exact) mass is 736 g/mol. The summed E-state index contributed by atoms with van der Waals surface area (Å²) in [5.41, 5.74) is 7.30. The van der Waals surface area contributed by atoms with Gasteiger partial charge in [-0.05, 0) is 47.5 Å². The van der Waals surface area contributed by atoms with Gasteiger partial charge < -0.3 is 15.2 Å². The normalized spacial score (nSPS) is 13.0. The number of nitro benzene ring substituents is 2. The van der Waals surface area contributed by atoms with Crippen molar-refractivity contribution >= 4 is 56.2 Å². The number of fused-ring (bicyclic) bond motifs is 2. The van der Waals surface area contributed by atoms with E-state index in [4.69, 9.17) is 0 Å². The molecule has 0 saturated carbocycles. The molecule has 0 spiro atoms. The second kappa shape index (κ2) is 15.5. The van der Waals surface area contributed by atoms with Crippen LogP contribution in [0.5, 0.6) is 0 Å². The quantitative estimate of drug-likeness (QED) is 0.0569. The molecule has 0 radical (unpaired) electrons. The number of rotatable bonds is 12. The molecule has 5 N–H and O–H groups in total. The van der Waals surface area contributed by atoms with Crippen LogP contribution in [0, 0.1) is 20.2 Å². The molecule has 272 valence electrons. The van der Waals surface area contributed by atoms with Gasteiger partial charge in [0, 0.05) is 24.3 Å². The van der Waals surface area contributed by atoms with Crippen molar-refractivity contribution in [1.29, 1.82) is 0 Å². The molecule has 5 aromatic carbocycles. The van der Waals surface area contributed by atoms with E-state index in [1.165, 1.54) is 54.7 Å². The topological polar surface area (TPSA) is 247 Å². The molecule has 2 atom stereocenters. The van der Waals surface area contributed by atoms with Crippen molar-refractivity contribution in [3.8, 4) is 0 Å². The first-order chi connectivity index (χ1) is 26.6. The number of para-hydroxylation sites is 2. The maximum Gasteiger partial charge on any atom is 0.276 e. The molecule has 7 aromatic rings. The maximum absolute atomic E-state index is 13.3.